The Morgan fingerprint density at radius 3 is 2.29 bits per heavy atom. The lowest BCUT2D eigenvalue weighted by Gasteiger charge is -2.26. The summed E-state index contributed by atoms with van der Waals surface area (Å²) in [5.74, 6) is 0. The molecule has 0 saturated carbocycles. The summed E-state index contributed by atoms with van der Waals surface area (Å²) in [5.41, 5.74) is 5.42. The van der Waals surface area contributed by atoms with Crippen molar-refractivity contribution in [2.45, 2.75) is 18.9 Å². The Balaban J connectivity index is 3.94. The maximum Gasteiger partial charge on any atom is 0.500 e. The molecule has 0 heterocycles. The minimum atomic E-state index is -2.49. The van der Waals surface area contributed by atoms with E-state index in [4.69, 9.17) is 24.1 Å². The largest absolute Gasteiger partial charge is 0.500 e. The predicted molar refractivity (Wildman–Crippen MR) is 55.9 cm³/mol. The molecule has 0 aromatic heterocycles. The first kappa shape index (κ1) is 14.0. The number of nitrogens with two attached hydrogens (primary N) is 1. The molecular weight excluding hydrogens is 202 g/mol. The first-order valence-corrected chi connectivity index (χ1v) is 6.73. The third-order valence-electron chi connectivity index (χ3n) is 1.93. The predicted octanol–water partition coefficient (Wildman–Crippen LogP) is -0.0341. The van der Waals surface area contributed by atoms with E-state index in [0.717, 1.165) is 12.5 Å². The molecule has 0 aliphatic heterocycles. The molecule has 0 aliphatic rings. The van der Waals surface area contributed by atoms with Crippen LogP contribution in [0.2, 0.25) is 6.04 Å². The molecule has 0 amide bonds. The Kier molecular flexibility index (Phi) is 8.35. The minimum absolute atomic E-state index is 0.120. The Hall–Kier alpha value is 0.0169. The highest BCUT2D eigenvalue weighted by atomic mass is 28.4. The van der Waals surface area contributed by atoms with Gasteiger partial charge in [0, 0.05) is 33.5 Å². The monoisotopic (exact) mass is 223 g/mol. The number of hydrogen-bond acceptors (Lipinski definition) is 5. The van der Waals surface area contributed by atoms with Crippen molar-refractivity contribution in [2.24, 2.45) is 5.73 Å². The van der Waals surface area contributed by atoms with Crippen molar-refractivity contribution >= 4 is 8.80 Å². The maximum absolute atomic E-state index is 8.62. The average Bonchev–Trinajstić information content (AvgIpc) is 2.24. The second-order valence-electron chi connectivity index (χ2n) is 2.91. The van der Waals surface area contributed by atoms with Gasteiger partial charge < -0.3 is 24.1 Å². The van der Waals surface area contributed by atoms with Gasteiger partial charge in [0.2, 0.25) is 0 Å². The standard InChI is InChI=1S/C8H21NO4Si/c1-11-14(12-2,8-3-5-9)13-7-4-6-10/h10H,3-9H2,1-2H3. The van der Waals surface area contributed by atoms with Gasteiger partial charge in [-0.1, -0.05) is 0 Å². The van der Waals surface area contributed by atoms with Gasteiger partial charge in [0.05, 0.1) is 0 Å². The van der Waals surface area contributed by atoms with Crippen LogP contribution in [0.25, 0.3) is 0 Å². The summed E-state index contributed by atoms with van der Waals surface area (Å²) in [6.07, 6.45) is 1.43. The lowest BCUT2D eigenvalue weighted by molar-refractivity contribution is 0.0906. The summed E-state index contributed by atoms with van der Waals surface area (Å²) in [6, 6.07) is 0.724. The smallest absolute Gasteiger partial charge is 0.396 e. The number of hydrogen-bond donors (Lipinski definition) is 2. The van der Waals surface area contributed by atoms with Crippen molar-refractivity contribution in [3.63, 3.8) is 0 Å². The first-order valence-electron chi connectivity index (χ1n) is 4.80. The third-order valence-corrected chi connectivity index (χ3v) is 4.79. The van der Waals surface area contributed by atoms with Crippen LogP contribution in [-0.2, 0) is 13.3 Å². The molecule has 0 rings (SSSR count). The molecule has 0 aromatic rings. The Bertz CT molecular complexity index is 133. The van der Waals surface area contributed by atoms with E-state index in [9.17, 15) is 0 Å². The molecule has 0 aliphatic carbocycles. The molecule has 0 atom stereocenters. The van der Waals surface area contributed by atoms with Gasteiger partial charge in [0.1, 0.15) is 0 Å². The molecule has 5 nitrogen and oxygen atoms in total. The van der Waals surface area contributed by atoms with Gasteiger partial charge in [-0.05, 0) is 19.4 Å². The topological polar surface area (TPSA) is 73.9 Å². The second-order valence-corrected chi connectivity index (χ2v) is 5.88. The van der Waals surface area contributed by atoms with Crippen LogP contribution in [0.1, 0.15) is 12.8 Å². The molecule has 0 bridgehead atoms. The summed E-state index contributed by atoms with van der Waals surface area (Å²) in [4.78, 5) is 0. The maximum atomic E-state index is 8.62. The SMILES string of the molecule is CO[Si](CCCN)(OC)OCCCO. The summed E-state index contributed by atoms with van der Waals surface area (Å²) in [6.45, 7) is 1.19. The average molecular weight is 223 g/mol. The van der Waals surface area contributed by atoms with E-state index in [0.29, 0.717) is 19.6 Å². The van der Waals surface area contributed by atoms with E-state index in [1.165, 1.54) is 0 Å². The van der Waals surface area contributed by atoms with Gasteiger partial charge in [-0.25, -0.2) is 0 Å². The molecule has 0 unspecified atom stereocenters. The van der Waals surface area contributed by atoms with Gasteiger partial charge in [-0.3, -0.25) is 0 Å². The Morgan fingerprint density at radius 2 is 1.86 bits per heavy atom. The van der Waals surface area contributed by atoms with Crippen molar-refractivity contribution < 1.29 is 18.4 Å². The number of rotatable bonds is 9. The fourth-order valence-electron chi connectivity index (χ4n) is 1.09. The van der Waals surface area contributed by atoms with E-state index < -0.39 is 8.80 Å². The van der Waals surface area contributed by atoms with E-state index in [1.54, 1.807) is 14.2 Å². The molecule has 0 spiro atoms. The lowest BCUT2D eigenvalue weighted by Crippen LogP contribution is -2.44. The minimum Gasteiger partial charge on any atom is -0.396 e. The fraction of sp³-hybridized carbons (Fsp3) is 1.00. The number of aliphatic hydroxyl groups is 1. The van der Waals surface area contributed by atoms with Crippen molar-refractivity contribution in [3.8, 4) is 0 Å². The molecule has 0 aromatic carbocycles. The lowest BCUT2D eigenvalue weighted by atomic mass is 10.5. The first-order chi connectivity index (χ1) is 6.74. The van der Waals surface area contributed by atoms with Gasteiger partial charge in [0.15, 0.2) is 0 Å². The number of aliphatic hydroxyl groups excluding tert-OH is 1. The molecule has 14 heavy (non-hydrogen) atoms. The zero-order valence-electron chi connectivity index (χ0n) is 8.99. The third kappa shape index (κ3) is 5.04. The molecule has 0 saturated heterocycles. The molecule has 0 radical (unpaired) electrons. The molecule has 3 N–H and O–H groups in total. The van der Waals surface area contributed by atoms with Crippen molar-refractivity contribution in [3.05, 3.63) is 0 Å². The van der Waals surface area contributed by atoms with E-state index in [2.05, 4.69) is 0 Å². The van der Waals surface area contributed by atoms with Crippen LogP contribution < -0.4 is 5.73 Å². The van der Waals surface area contributed by atoms with Crippen LogP contribution >= 0.6 is 0 Å². The summed E-state index contributed by atoms with van der Waals surface area (Å²) in [5, 5.41) is 8.62. The zero-order valence-corrected chi connectivity index (χ0v) is 9.99. The van der Waals surface area contributed by atoms with Crippen LogP contribution in [0.15, 0.2) is 0 Å². The summed E-state index contributed by atoms with van der Waals surface area (Å²) < 4.78 is 16.1. The Morgan fingerprint density at radius 1 is 1.21 bits per heavy atom. The van der Waals surface area contributed by atoms with E-state index >= 15 is 0 Å². The van der Waals surface area contributed by atoms with Gasteiger partial charge in [0.25, 0.3) is 0 Å². The van der Waals surface area contributed by atoms with Crippen molar-refractivity contribution in [1.82, 2.24) is 0 Å². The van der Waals surface area contributed by atoms with E-state index in [-0.39, 0.29) is 6.61 Å². The van der Waals surface area contributed by atoms with Crippen LogP contribution in [-0.4, -0.2) is 47.9 Å². The second kappa shape index (κ2) is 8.34. The van der Waals surface area contributed by atoms with Crippen LogP contribution in [0.4, 0.5) is 0 Å². The molecule has 6 heteroatoms. The van der Waals surface area contributed by atoms with Crippen LogP contribution in [0.3, 0.4) is 0 Å². The normalized spacial score (nSPS) is 12.0. The summed E-state index contributed by atoms with van der Waals surface area (Å²) in [7, 11) is 0.684. The van der Waals surface area contributed by atoms with Gasteiger partial charge >= 0.3 is 8.80 Å². The van der Waals surface area contributed by atoms with Crippen molar-refractivity contribution in [1.29, 1.82) is 0 Å². The summed E-state index contributed by atoms with van der Waals surface area (Å²) >= 11 is 0. The van der Waals surface area contributed by atoms with E-state index in [1.807, 2.05) is 0 Å². The molecular formula is C8H21NO4Si. The Labute approximate surface area is 86.5 Å². The highest BCUT2D eigenvalue weighted by Gasteiger charge is 2.37. The van der Waals surface area contributed by atoms with Crippen LogP contribution in [0.5, 0.6) is 0 Å². The van der Waals surface area contributed by atoms with Crippen molar-refractivity contribution in [2.75, 3.05) is 34.0 Å². The van der Waals surface area contributed by atoms with Gasteiger partial charge in [-0.2, -0.15) is 0 Å². The zero-order chi connectivity index (χ0) is 10.9. The molecule has 86 valence electrons. The quantitative estimate of drug-likeness (QED) is 0.424. The van der Waals surface area contributed by atoms with Crippen LogP contribution in [0, 0.1) is 0 Å². The highest BCUT2D eigenvalue weighted by molar-refractivity contribution is 6.60. The molecule has 0 fully saturated rings. The highest BCUT2D eigenvalue weighted by Crippen LogP contribution is 2.15. The fourth-order valence-corrected chi connectivity index (χ4v) is 3.14. The van der Waals surface area contributed by atoms with Gasteiger partial charge in [-0.15, -0.1) is 0 Å².